The lowest BCUT2D eigenvalue weighted by molar-refractivity contribution is 1.08. The lowest BCUT2D eigenvalue weighted by atomic mass is 10.0. The Morgan fingerprint density at radius 2 is 1.04 bits per heavy atom. The quantitative estimate of drug-likeness (QED) is 0.206. The number of hydrogen-bond acceptors (Lipinski definition) is 2. The zero-order valence-electron chi connectivity index (χ0n) is 25.8. The molecule has 0 aliphatic heterocycles. The number of rotatable bonds is 3. The van der Waals surface area contributed by atoms with Crippen LogP contribution in [0.2, 0.25) is 0 Å². The topological polar surface area (TPSA) is 35.6 Å². The molecule has 7 aromatic carbocycles. The molecule has 0 spiro atoms. The molecule has 46 heavy (non-hydrogen) atoms. The normalized spacial score (nSPS) is 11.9. The van der Waals surface area contributed by atoms with Gasteiger partial charge in [-0.15, -0.1) is 0 Å². The second kappa shape index (κ2) is 9.62. The molecule has 0 amide bonds. The van der Waals surface area contributed by atoms with Crippen molar-refractivity contribution in [2.45, 2.75) is 0 Å². The summed E-state index contributed by atoms with van der Waals surface area (Å²) in [7, 11) is 0. The van der Waals surface area contributed by atoms with E-state index < -0.39 is 0 Å². The Morgan fingerprint density at radius 3 is 1.87 bits per heavy atom. The molecule has 0 aliphatic rings. The summed E-state index contributed by atoms with van der Waals surface area (Å²) >= 11 is 0. The van der Waals surface area contributed by atoms with E-state index in [9.17, 15) is 0 Å². The van der Waals surface area contributed by atoms with Gasteiger partial charge in [0, 0.05) is 38.2 Å². The van der Waals surface area contributed by atoms with Crippen LogP contribution < -0.4 is 0 Å². The van der Waals surface area contributed by atoms with Crippen LogP contribution in [0.1, 0.15) is 1.43 Å². The lowest BCUT2D eigenvalue weighted by Crippen LogP contribution is -2.03. The SMILES string of the molecule is [H-].c1ccc(-c2nc3ccccc3nc2-n2c3ccccc3c3cc4c5ccc6ccccc6c5n(-c5ccccc5)c4cc32)cc1. The van der Waals surface area contributed by atoms with E-state index in [0.29, 0.717) is 0 Å². The van der Waals surface area contributed by atoms with Crippen LogP contribution in [0, 0.1) is 0 Å². The largest absolute Gasteiger partial charge is 1.00 e. The number of nitrogens with zero attached hydrogens (tertiary/aromatic N) is 4. The molecule has 3 aromatic heterocycles. The van der Waals surface area contributed by atoms with Crippen LogP contribution in [-0.4, -0.2) is 19.1 Å². The van der Waals surface area contributed by atoms with E-state index in [1.165, 1.54) is 37.8 Å². The molecule has 0 fully saturated rings. The molecule has 0 saturated carbocycles. The number of aromatic nitrogens is 4. The van der Waals surface area contributed by atoms with E-state index in [1.54, 1.807) is 0 Å². The third kappa shape index (κ3) is 3.55. The third-order valence-electron chi connectivity index (χ3n) is 9.27. The zero-order chi connectivity index (χ0) is 30.2. The fourth-order valence-electron chi connectivity index (χ4n) is 7.25. The fourth-order valence-corrected chi connectivity index (χ4v) is 7.25. The van der Waals surface area contributed by atoms with Gasteiger partial charge in [-0.3, -0.25) is 4.57 Å². The predicted octanol–water partition coefficient (Wildman–Crippen LogP) is 10.8. The summed E-state index contributed by atoms with van der Waals surface area (Å²) < 4.78 is 4.75. The van der Waals surface area contributed by atoms with Gasteiger partial charge in [-0.1, -0.05) is 115 Å². The molecule has 4 heteroatoms. The summed E-state index contributed by atoms with van der Waals surface area (Å²) in [5, 5.41) is 7.32. The minimum Gasteiger partial charge on any atom is -1.00 e. The first-order valence-corrected chi connectivity index (χ1v) is 15.6. The van der Waals surface area contributed by atoms with Crippen LogP contribution in [0.3, 0.4) is 0 Å². The summed E-state index contributed by atoms with van der Waals surface area (Å²) in [6.07, 6.45) is 0. The van der Waals surface area contributed by atoms with Crippen molar-refractivity contribution >= 4 is 65.4 Å². The van der Waals surface area contributed by atoms with Crippen LogP contribution in [0.15, 0.2) is 158 Å². The molecule has 4 nitrogen and oxygen atoms in total. The van der Waals surface area contributed by atoms with Gasteiger partial charge in [0.25, 0.3) is 0 Å². The summed E-state index contributed by atoms with van der Waals surface area (Å²) in [4.78, 5) is 10.6. The average molecular weight is 588 g/mol. The van der Waals surface area contributed by atoms with Crippen LogP contribution in [0.25, 0.3) is 88.2 Å². The van der Waals surface area contributed by atoms with Crippen LogP contribution >= 0.6 is 0 Å². The molecule has 216 valence electrons. The highest BCUT2D eigenvalue weighted by Gasteiger charge is 2.22. The van der Waals surface area contributed by atoms with Crippen molar-refractivity contribution in [3.8, 4) is 22.8 Å². The minimum atomic E-state index is 0. The molecule has 3 heterocycles. The average Bonchev–Trinajstić information content (AvgIpc) is 3.63. The number of para-hydroxylation sites is 4. The smallest absolute Gasteiger partial charge is 0.165 e. The molecular formula is C42H27N4-. The highest BCUT2D eigenvalue weighted by molar-refractivity contribution is 6.23. The summed E-state index contributed by atoms with van der Waals surface area (Å²) in [6, 6.07) is 55.9. The van der Waals surface area contributed by atoms with Gasteiger partial charge in [0.1, 0.15) is 5.69 Å². The maximum atomic E-state index is 5.33. The zero-order valence-corrected chi connectivity index (χ0v) is 24.8. The first kappa shape index (κ1) is 25.1. The van der Waals surface area contributed by atoms with Gasteiger partial charge in [-0.2, -0.15) is 0 Å². The summed E-state index contributed by atoms with van der Waals surface area (Å²) in [5.74, 6) is 0.822. The molecule has 0 atom stereocenters. The van der Waals surface area contributed by atoms with E-state index in [2.05, 4.69) is 137 Å². The van der Waals surface area contributed by atoms with Gasteiger partial charge in [0.2, 0.25) is 0 Å². The Bertz CT molecular complexity index is 2800. The van der Waals surface area contributed by atoms with E-state index in [1.807, 2.05) is 30.3 Å². The Kier molecular flexibility index (Phi) is 5.25. The Morgan fingerprint density at radius 1 is 0.413 bits per heavy atom. The number of benzene rings is 7. The Labute approximate surface area is 265 Å². The van der Waals surface area contributed by atoms with Crippen molar-refractivity contribution in [2.24, 2.45) is 0 Å². The second-order valence-corrected chi connectivity index (χ2v) is 11.8. The van der Waals surface area contributed by atoms with E-state index in [-0.39, 0.29) is 1.43 Å². The maximum Gasteiger partial charge on any atom is 0.165 e. The predicted molar refractivity (Wildman–Crippen MR) is 192 cm³/mol. The summed E-state index contributed by atoms with van der Waals surface area (Å²) in [6.45, 7) is 0. The van der Waals surface area contributed by atoms with Crippen LogP contribution in [0.5, 0.6) is 0 Å². The number of hydrogen-bond donors (Lipinski definition) is 0. The minimum absolute atomic E-state index is 0. The van der Waals surface area contributed by atoms with E-state index in [4.69, 9.17) is 9.97 Å². The Hall–Kier alpha value is -6.26. The molecule has 0 N–H and O–H groups in total. The molecule has 0 saturated heterocycles. The first-order chi connectivity index (χ1) is 22.8. The van der Waals surface area contributed by atoms with Crippen molar-refractivity contribution in [3.05, 3.63) is 158 Å². The molecule has 10 rings (SSSR count). The van der Waals surface area contributed by atoms with Gasteiger partial charge >= 0.3 is 0 Å². The molecule has 0 aliphatic carbocycles. The Balaban J connectivity index is 0.00000302. The summed E-state index contributed by atoms with van der Waals surface area (Å²) in [5.41, 5.74) is 9.36. The molecule has 10 aromatic rings. The fraction of sp³-hybridized carbons (Fsp3) is 0. The van der Waals surface area contributed by atoms with Gasteiger partial charge < -0.3 is 5.99 Å². The first-order valence-electron chi connectivity index (χ1n) is 15.6. The van der Waals surface area contributed by atoms with Gasteiger partial charge in [-0.05, 0) is 47.9 Å². The van der Waals surface area contributed by atoms with Crippen molar-refractivity contribution in [2.75, 3.05) is 0 Å². The molecular weight excluding hydrogens is 560 g/mol. The van der Waals surface area contributed by atoms with E-state index in [0.717, 1.165) is 50.3 Å². The van der Waals surface area contributed by atoms with Gasteiger partial charge in [0.05, 0.1) is 33.1 Å². The highest BCUT2D eigenvalue weighted by atomic mass is 15.1. The standard InChI is InChI=1S/C42H26N4.H/c1-3-14-28(15-4-1)40-42(44-36-21-11-10-20-35(36)43-40)46-37-22-12-9-19-31(37)33-25-34-32-24-23-27-13-7-8-18-30(27)41(32)45(38(34)26-39(33)46)29-16-5-2-6-17-29;/h1-26H;/q;-1. The van der Waals surface area contributed by atoms with Crippen molar-refractivity contribution in [1.29, 1.82) is 0 Å². The number of fused-ring (bicyclic) bond motifs is 9. The van der Waals surface area contributed by atoms with Crippen LogP contribution in [-0.2, 0) is 0 Å². The highest BCUT2D eigenvalue weighted by Crippen LogP contribution is 2.42. The third-order valence-corrected chi connectivity index (χ3v) is 9.27. The van der Waals surface area contributed by atoms with E-state index >= 15 is 0 Å². The molecule has 0 bridgehead atoms. The van der Waals surface area contributed by atoms with Gasteiger partial charge in [-0.25, -0.2) is 9.97 Å². The van der Waals surface area contributed by atoms with Crippen molar-refractivity contribution < 1.29 is 1.43 Å². The lowest BCUT2D eigenvalue weighted by Gasteiger charge is -2.14. The van der Waals surface area contributed by atoms with Crippen molar-refractivity contribution in [1.82, 2.24) is 19.1 Å². The molecule has 0 radical (unpaired) electrons. The molecule has 0 unspecified atom stereocenters. The maximum absolute atomic E-state index is 5.33. The van der Waals surface area contributed by atoms with Gasteiger partial charge in [0.15, 0.2) is 5.82 Å². The second-order valence-electron chi connectivity index (χ2n) is 11.8. The monoisotopic (exact) mass is 587 g/mol. The van der Waals surface area contributed by atoms with Crippen molar-refractivity contribution in [3.63, 3.8) is 0 Å². The van der Waals surface area contributed by atoms with Crippen LogP contribution in [0.4, 0.5) is 0 Å².